The summed E-state index contributed by atoms with van der Waals surface area (Å²) in [6.45, 7) is 6.35. The Morgan fingerprint density at radius 2 is 1.19 bits per heavy atom. The summed E-state index contributed by atoms with van der Waals surface area (Å²) >= 11 is 0. The van der Waals surface area contributed by atoms with Crippen LogP contribution in [0.4, 0.5) is 8.78 Å². The van der Waals surface area contributed by atoms with Gasteiger partial charge in [-0.3, -0.25) is 20.1 Å². The molecule has 1 aromatic carbocycles. The summed E-state index contributed by atoms with van der Waals surface area (Å²) in [5, 5.41) is 7.70. The molecule has 208 valence electrons. The topological polar surface area (TPSA) is 80.2 Å². The highest BCUT2D eigenvalue weighted by Crippen LogP contribution is 2.43. The van der Waals surface area contributed by atoms with Crippen molar-refractivity contribution in [3.63, 3.8) is 0 Å². The maximum absolute atomic E-state index is 14.9. The lowest BCUT2D eigenvalue weighted by Gasteiger charge is -2.32. The Morgan fingerprint density at radius 3 is 1.74 bits per heavy atom. The first-order valence-electron chi connectivity index (χ1n) is 13.6. The van der Waals surface area contributed by atoms with Gasteiger partial charge < -0.3 is 0 Å². The highest BCUT2D eigenvalue weighted by atomic mass is 19.1. The van der Waals surface area contributed by atoms with E-state index in [4.69, 9.17) is 19.9 Å². The predicted octanol–water partition coefficient (Wildman–Crippen LogP) is 7.28. The fraction of sp³-hybridized carbons (Fsp3) is 0.147. The van der Waals surface area contributed by atoms with Crippen LogP contribution in [0.5, 0.6) is 0 Å². The summed E-state index contributed by atoms with van der Waals surface area (Å²) in [7, 11) is 0. The Bertz CT molecular complexity index is 1810. The molecule has 0 atom stereocenters. The molecule has 6 nitrogen and oxygen atoms in total. The molecule has 5 heterocycles. The summed E-state index contributed by atoms with van der Waals surface area (Å²) < 4.78 is 28.7. The number of nitrogens with zero attached hydrogens (tertiary/aromatic N) is 5. The van der Waals surface area contributed by atoms with Crippen molar-refractivity contribution in [2.24, 2.45) is 0 Å². The molecule has 0 amide bonds. The van der Waals surface area contributed by atoms with Crippen LogP contribution in [0, 0.1) is 11.6 Å². The van der Waals surface area contributed by atoms with Crippen LogP contribution in [0.2, 0.25) is 0 Å². The second-order valence-electron chi connectivity index (χ2n) is 11.0. The Kier molecular flexibility index (Phi) is 6.90. The van der Waals surface area contributed by atoms with E-state index in [1.807, 2.05) is 66.7 Å². The molecule has 1 N–H and O–H groups in total. The molecule has 6 rings (SSSR count). The number of aromatic nitrogens is 6. The number of H-pyrrole nitrogens is 1. The highest BCUT2D eigenvalue weighted by molar-refractivity contribution is 5.63. The molecule has 0 aliphatic heterocycles. The second kappa shape index (κ2) is 10.7. The van der Waals surface area contributed by atoms with E-state index in [2.05, 4.69) is 31.0 Å². The number of hydrogen-bond acceptors (Lipinski definition) is 5. The third-order valence-electron chi connectivity index (χ3n) is 7.22. The number of hydrogen-bond donors (Lipinski definition) is 1. The van der Waals surface area contributed by atoms with Gasteiger partial charge >= 0.3 is 0 Å². The molecule has 0 aliphatic rings. The van der Waals surface area contributed by atoms with E-state index in [0.717, 1.165) is 11.8 Å². The monoisotopic (exact) mass is 558 g/mol. The van der Waals surface area contributed by atoms with Crippen LogP contribution in [0.15, 0.2) is 109 Å². The fourth-order valence-electron chi connectivity index (χ4n) is 5.07. The van der Waals surface area contributed by atoms with Crippen LogP contribution < -0.4 is 0 Å². The van der Waals surface area contributed by atoms with Gasteiger partial charge in [0.15, 0.2) is 0 Å². The van der Waals surface area contributed by atoms with Crippen molar-refractivity contribution in [1.82, 2.24) is 30.1 Å². The van der Waals surface area contributed by atoms with Crippen LogP contribution in [-0.2, 0) is 10.8 Å². The van der Waals surface area contributed by atoms with Crippen molar-refractivity contribution in [2.45, 2.75) is 31.6 Å². The molecule has 5 aromatic heterocycles. The lowest BCUT2D eigenvalue weighted by molar-refractivity contribution is 0.567. The molecule has 0 radical (unpaired) electrons. The summed E-state index contributed by atoms with van der Waals surface area (Å²) in [5.74, 6) is -1.35. The number of rotatable bonds is 6. The van der Waals surface area contributed by atoms with Crippen LogP contribution >= 0.6 is 0 Å². The average molecular weight is 559 g/mol. The first-order chi connectivity index (χ1) is 20.3. The fourth-order valence-corrected chi connectivity index (χ4v) is 5.07. The van der Waals surface area contributed by atoms with Gasteiger partial charge in [-0.15, -0.1) is 0 Å². The number of aromatic amines is 1. The standard InChI is InChI=1S/C34H28F2N6/c1-33(2,3)32-21-27(41-42-32)26-11-9-15-31(40-26)34(28-12-4-6-18-37-28,29-13-5-7-19-38-29)30-14-8-10-25(39-30)23-17-16-22(35)20-24(23)36/h4-21H,1-3H3,(H,41,42). The van der Waals surface area contributed by atoms with Crippen molar-refractivity contribution < 1.29 is 8.78 Å². The lowest BCUT2D eigenvalue weighted by atomic mass is 9.73. The van der Waals surface area contributed by atoms with Gasteiger partial charge in [0.2, 0.25) is 0 Å². The van der Waals surface area contributed by atoms with Gasteiger partial charge in [0.25, 0.3) is 0 Å². The average Bonchev–Trinajstić information content (AvgIpc) is 3.51. The van der Waals surface area contributed by atoms with Gasteiger partial charge in [-0.1, -0.05) is 45.0 Å². The summed E-state index contributed by atoms with van der Waals surface area (Å²) in [6.07, 6.45) is 3.42. The molecule has 0 unspecified atom stereocenters. The van der Waals surface area contributed by atoms with Crippen molar-refractivity contribution in [2.75, 3.05) is 0 Å². The minimum atomic E-state index is -1.19. The quantitative estimate of drug-likeness (QED) is 0.232. The smallest absolute Gasteiger partial charge is 0.138 e. The maximum atomic E-state index is 14.9. The first kappa shape index (κ1) is 27.1. The highest BCUT2D eigenvalue weighted by Gasteiger charge is 2.44. The lowest BCUT2D eigenvalue weighted by Crippen LogP contribution is -2.35. The molecule has 0 fully saturated rings. The van der Waals surface area contributed by atoms with E-state index in [-0.39, 0.29) is 11.0 Å². The molecule has 0 saturated heterocycles. The number of halogens is 2. The Hall–Kier alpha value is -5.11. The molecule has 42 heavy (non-hydrogen) atoms. The van der Waals surface area contributed by atoms with Gasteiger partial charge in [0, 0.05) is 35.1 Å². The zero-order valence-corrected chi connectivity index (χ0v) is 23.4. The zero-order chi connectivity index (χ0) is 29.3. The molecule has 0 saturated carbocycles. The molecule has 0 spiro atoms. The van der Waals surface area contributed by atoms with Gasteiger partial charge in [-0.25, -0.2) is 13.8 Å². The number of nitrogens with one attached hydrogen (secondary N) is 1. The van der Waals surface area contributed by atoms with Crippen molar-refractivity contribution in [3.8, 4) is 22.6 Å². The van der Waals surface area contributed by atoms with Crippen LogP contribution in [0.3, 0.4) is 0 Å². The van der Waals surface area contributed by atoms with E-state index in [1.54, 1.807) is 24.5 Å². The Labute approximate surface area is 242 Å². The van der Waals surface area contributed by atoms with Gasteiger partial charge in [0.1, 0.15) is 22.7 Å². The molecule has 0 bridgehead atoms. The van der Waals surface area contributed by atoms with Crippen molar-refractivity contribution in [1.29, 1.82) is 0 Å². The van der Waals surface area contributed by atoms with Gasteiger partial charge in [-0.05, 0) is 66.7 Å². The molecule has 6 aromatic rings. The van der Waals surface area contributed by atoms with Crippen LogP contribution in [0.1, 0.15) is 49.2 Å². The van der Waals surface area contributed by atoms with Crippen LogP contribution in [0.25, 0.3) is 22.6 Å². The van der Waals surface area contributed by atoms with E-state index in [0.29, 0.717) is 39.9 Å². The van der Waals surface area contributed by atoms with E-state index < -0.39 is 17.0 Å². The Morgan fingerprint density at radius 1 is 0.595 bits per heavy atom. The second-order valence-corrected chi connectivity index (χ2v) is 11.0. The van der Waals surface area contributed by atoms with E-state index >= 15 is 0 Å². The minimum absolute atomic E-state index is 0.117. The largest absolute Gasteiger partial charge is 0.281 e. The number of benzene rings is 1. The summed E-state index contributed by atoms with van der Waals surface area (Å²) in [4.78, 5) is 19.7. The minimum Gasteiger partial charge on any atom is -0.281 e. The van der Waals surface area contributed by atoms with Gasteiger partial charge in [0.05, 0.1) is 34.2 Å². The first-order valence-corrected chi connectivity index (χ1v) is 13.6. The zero-order valence-electron chi connectivity index (χ0n) is 23.4. The Balaban J connectivity index is 1.64. The summed E-state index contributed by atoms with van der Waals surface area (Å²) in [5.41, 5.74) is 3.99. The molecule has 8 heteroatoms. The SMILES string of the molecule is CC(C)(C)c1cc(-c2cccc(C(c3ccccn3)(c3ccccn3)c3cccc(-c4ccc(F)cc4F)n3)n2)n[nH]1. The van der Waals surface area contributed by atoms with E-state index in [1.165, 1.54) is 12.1 Å². The summed E-state index contributed by atoms with van der Waals surface area (Å²) in [6, 6.07) is 27.9. The molecular formula is C34H28F2N6. The molecule has 0 aliphatic carbocycles. The normalized spacial score (nSPS) is 11.9. The van der Waals surface area contributed by atoms with Crippen molar-refractivity contribution >= 4 is 0 Å². The maximum Gasteiger partial charge on any atom is 0.138 e. The molecular weight excluding hydrogens is 530 g/mol. The van der Waals surface area contributed by atoms with Crippen LogP contribution in [-0.4, -0.2) is 30.1 Å². The third kappa shape index (κ3) is 4.85. The predicted molar refractivity (Wildman–Crippen MR) is 158 cm³/mol. The number of pyridine rings is 4. The van der Waals surface area contributed by atoms with Crippen molar-refractivity contribution in [3.05, 3.63) is 150 Å². The van der Waals surface area contributed by atoms with Gasteiger partial charge in [-0.2, -0.15) is 5.10 Å². The van der Waals surface area contributed by atoms with E-state index in [9.17, 15) is 8.78 Å². The third-order valence-corrected chi connectivity index (χ3v) is 7.22.